The first kappa shape index (κ1) is 9.57. The van der Waals surface area contributed by atoms with Gasteiger partial charge in [0.1, 0.15) is 0 Å². The lowest BCUT2D eigenvalue weighted by Gasteiger charge is -2.30. The summed E-state index contributed by atoms with van der Waals surface area (Å²) in [4.78, 5) is 0. The number of rotatable bonds is 1. The molecule has 0 spiro atoms. The molecule has 0 fully saturated rings. The van der Waals surface area contributed by atoms with Crippen molar-refractivity contribution in [3.63, 3.8) is 0 Å². The fraction of sp³-hybridized carbons (Fsp3) is 0.667. The van der Waals surface area contributed by atoms with Gasteiger partial charge >= 0.3 is 0 Å². The van der Waals surface area contributed by atoms with E-state index in [2.05, 4.69) is 45.9 Å². The molecule has 0 radical (unpaired) electrons. The molecule has 1 aliphatic rings. The lowest BCUT2D eigenvalue weighted by Crippen LogP contribution is -2.19. The minimum absolute atomic E-state index is 0.414. The van der Waals surface area contributed by atoms with E-state index in [0.717, 1.165) is 0 Å². The van der Waals surface area contributed by atoms with Crippen LogP contribution in [0.25, 0.3) is 0 Å². The SMILES string of the molecule is CC(C1=CC=CCC1)C(C)(C)C. The first-order valence-corrected chi connectivity index (χ1v) is 4.87. The molecule has 0 aromatic rings. The van der Waals surface area contributed by atoms with E-state index >= 15 is 0 Å². The summed E-state index contributed by atoms with van der Waals surface area (Å²) in [7, 11) is 0. The molecule has 12 heavy (non-hydrogen) atoms. The maximum Gasteiger partial charge on any atom is -0.0180 e. The fourth-order valence-electron chi connectivity index (χ4n) is 1.54. The van der Waals surface area contributed by atoms with Crippen LogP contribution in [0.4, 0.5) is 0 Å². The molecule has 0 heterocycles. The Morgan fingerprint density at radius 3 is 2.42 bits per heavy atom. The van der Waals surface area contributed by atoms with Gasteiger partial charge < -0.3 is 0 Å². The molecule has 0 aromatic carbocycles. The van der Waals surface area contributed by atoms with Crippen LogP contribution in [0.5, 0.6) is 0 Å². The normalized spacial score (nSPS) is 20.5. The molecule has 0 nitrogen and oxygen atoms in total. The van der Waals surface area contributed by atoms with Crippen molar-refractivity contribution in [2.45, 2.75) is 40.5 Å². The van der Waals surface area contributed by atoms with Crippen LogP contribution in [0.2, 0.25) is 0 Å². The van der Waals surface area contributed by atoms with Gasteiger partial charge in [0.15, 0.2) is 0 Å². The highest BCUT2D eigenvalue weighted by atomic mass is 14.3. The van der Waals surface area contributed by atoms with Crippen molar-refractivity contribution in [2.24, 2.45) is 11.3 Å². The smallest absolute Gasteiger partial charge is 0.0180 e. The molecule has 0 N–H and O–H groups in total. The van der Waals surface area contributed by atoms with Gasteiger partial charge in [-0.2, -0.15) is 0 Å². The third-order valence-electron chi connectivity index (χ3n) is 2.90. The predicted octanol–water partition coefficient (Wildman–Crippen LogP) is 3.95. The Hall–Kier alpha value is -0.520. The molecule has 68 valence electrons. The number of allylic oxidation sites excluding steroid dienone is 4. The molecule has 0 aliphatic heterocycles. The van der Waals surface area contributed by atoms with E-state index in [1.54, 1.807) is 5.57 Å². The molecule has 1 unspecified atom stereocenters. The van der Waals surface area contributed by atoms with E-state index in [4.69, 9.17) is 0 Å². The topological polar surface area (TPSA) is 0 Å². The maximum atomic E-state index is 2.34. The summed E-state index contributed by atoms with van der Waals surface area (Å²) in [6.45, 7) is 9.29. The van der Waals surface area contributed by atoms with Crippen LogP contribution in [0.15, 0.2) is 23.8 Å². The van der Waals surface area contributed by atoms with Crippen LogP contribution in [0.1, 0.15) is 40.5 Å². The van der Waals surface area contributed by atoms with Crippen molar-refractivity contribution < 1.29 is 0 Å². The largest absolute Gasteiger partial charge is 0.0842 e. The summed E-state index contributed by atoms with van der Waals surface area (Å²) < 4.78 is 0. The summed E-state index contributed by atoms with van der Waals surface area (Å²) in [5.41, 5.74) is 2.03. The zero-order valence-electron chi connectivity index (χ0n) is 8.72. The van der Waals surface area contributed by atoms with Crippen LogP contribution in [-0.4, -0.2) is 0 Å². The van der Waals surface area contributed by atoms with E-state index < -0.39 is 0 Å². The van der Waals surface area contributed by atoms with E-state index in [1.165, 1.54) is 12.8 Å². The molecule has 0 heteroatoms. The third-order valence-corrected chi connectivity index (χ3v) is 2.90. The molecule has 0 bridgehead atoms. The Morgan fingerprint density at radius 1 is 1.33 bits per heavy atom. The first-order chi connectivity index (χ1) is 5.52. The van der Waals surface area contributed by atoms with Gasteiger partial charge in [-0.15, -0.1) is 0 Å². The molecule has 0 aromatic heterocycles. The maximum absolute atomic E-state index is 2.34. The highest BCUT2D eigenvalue weighted by molar-refractivity contribution is 5.20. The summed E-state index contributed by atoms with van der Waals surface area (Å²) in [6, 6.07) is 0. The first-order valence-electron chi connectivity index (χ1n) is 4.87. The van der Waals surface area contributed by atoms with Crippen molar-refractivity contribution in [3.8, 4) is 0 Å². The molecule has 1 aliphatic carbocycles. The predicted molar refractivity (Wildman–Crippen MR) is 55.1 cm³/mol. The summed E-state index contributed by atoms with van der Waals surface area (Å²) in [5, 5.41) is 0. The zero-order valence-corrected chi connectivity index (χ0v) is 8.72. The molecular weight excluding hydrogens is 144 g/mol. The summed E-state index contributed by atoms with van der Waals surface area (Å²) in [6.07, 6.45) is 9.22. The Kier molecular flexibility index (Phi) is 2.76. The third kappa shape index (κ3) is 2.23. The van der Waals surface area contributed by atoms with Gasteiger partial charge in [-0.05, 0) is 24.2 Å². The highest BCUT2D eigenvalue weighted by Gasteiger charge is 2.23. The van der Waals surface area contributed by atoms with Crippen molar-refractivity contribution in [1.82, 2.24) is 0 Å². The van der Waals surface area contributed by atoms with Gasteiger partial charge in [0, 0.05) is 0 Å². The van der Waals surface area contributed by atoms with Gasteiger partial charge in [-0.3, -0.25) is 0 Å². The van der Waals surface area contributed by atoms with Crippen molar-refractivity contribution >= 4 is 0 Å². The molecule has 0 saturated carbocycles. The molecule has 0 amide bonds. The zero-order chi connectivity index (χ0) is 9.19. The Labute approximate surface area is 76.4 Å². The Balaban J connectivity index is 2.69. The van der Waals surface area contributed by atoms with E-state index in [-0.39, 0.29) is 0 Å². The van der Waals surface area contributed by atoms with Crippen LogP contribution in [-0.2, 0) is 0 Å². The minimum atomic E-state index is 0.414. The monoisotopic (exact) mass is 164 g/mol. The second-order valence-corrected chi connectivity index (χ2v) is 4.80. The van der Waals surface area contributed by atoms with Crippen LogP contribution >= 0.6 is 0 Å². The van der Waals surface area contributed by atoms with Crippen molar-refractivity contribution in [1.29, 1.82) is 0 Å². The lowest BCUT2D eigenvalue weighted by molar-refractivity contribution is 0.294. The lowest BCUT2D eigenvalue weighted by atomic mass is 9.75. The second-order valence-electron chi connectivity index (χ2n) is 4.80. The molecular formula is C12H20. The van der Waals surface area contributed by atoms with Gasteiger partial charge in [0.2, 0.25) is 0 Å². The number of hydrogen-bond donors (Lipinski definition) is 0. The standard InChI is InChI=1S/C12H20/c1-10(12(2,3)4)11-8-6-5-7-9-11/h5-6,8,10H,7,9H2,1-4H3. The number of hydrogen-bond acceptors (Lipinski definition) is 0. The Morgan fingerprint density at radius 2 is 2.00 bits per heavy atom. The van der Waals surface area contributed by atoms with Crippen LogP contribution in [0.3, 0.4) is 0 Å². The van der Waals surface area contributed by atoms with Crippen LogP contribution in [0, 0.1) is 11.3 Å². The average molecular weight is 164 g/mol. The van der Waals surface area contributed by atoms with Gasteiger partial charge in [-0.25, -0.2) is 0 Å². The van der Waals surface area contributed by atoms with E-state index in [0.29, 0.717) is 11.3 Å². The van der Waals surface area contributed by atoms with Gasteiger partial charge in [0.05, 0.1) is 0 Å². The molecule has 1 atom stereocenters. The van der Waals surface area contributed by atoms with Crippen molar-refractivity contribution in [2.75, 3.05) is 0 Å². The van der Waals surface area contributed by atoms with E-state index in [1.807, 2.05) is 0 Å². The van der Waals surface area contributed by atoms with Gasteiger partial charge in [-0.1, -0.05) is 51.5 Å². The second kappa shape index (κ2) is 3.47. The fourth-order valence-corrected chi connectivity index (χ4v) is 1.54. The Bertz CT molecular complexity index is 201. The van der Waals surface area contributed by atoms with E-state index in [9.17, 15) is 0 Å². The van der Waals surface area contributed by atoms with Crippen LogP contribution < -0.4 is 0 Å². The summed E-state index contributed by atoms with van der Waals surface area (Å²) in [5.74, 6) is 0.711. The minimum Gasteiger partial charge on any atom is -0.0842 e. The van der Waals surface area contributed by atoms with Crippen molar-refractivity contribution in [3.05, 3.63) is 23.8 Å². The molecule has 1 rings (SSSR count). The summed E-state index contributed by atoms with van der Waals surface area (Å²) >= 11 is 0. The average Bonchev–Trinajstić information content (AvgIpc) is 2.03. The highest BCUT2D eigenvalue weighted by Crippen LogP contribution is 2.34. The molecule has 0 saturated heterocycles. The quantitative estimate of drug-likeness (QED) is 0.550. The van der Waals surface area contributed by atoms with Gasteiger partial charge in [0.25, 0.3) is 0 Å².